The summed E-state index contributed by atoms with van der Waals surface area (Å²) in [6.07, 6.45) is 4.26. The molecular formula is C51H62N2O13. The average molecular weight is 911 g/mol. The Labute approximate surface area is 386 Å². The summed E-state index contributed by atoms with van der Waals surface area (Å²) < 4.78 is 51.7. The van der Waals surface area contributed by atoms with Gasteiger partial charge in [-0.05, 0) is 107 Å². The van der Waals surface area contributed by atoms with E-state index in [9.17, 15) is 25.5 Å². The largest absolute Gasteiger partial charge is 0.482 e. The molecule has 5 aliphatic heterocycles. The normalized spacial score (nSPS) is 36.3. The standard InChI is InChI=1S/C51H62N2O13/c1-25(2)13-12-18-49(10)19-17-30-40(64-49)29(15-14-26(3)4)42-35(41(30)62-46-39(56)38(55)43-32(61-46)24-60-48(8,9)63-43)37(54)36-34(28(22-52)23-53)31-21-33-47(6,7)66-50(44(31)57,51(33,36)65-42)20-16-27(5)45(58)59-11/h13-14,16-17,19,28,31-34,36,38-39,43,46,55-56H,12,15,18,20-21,24H2,1-11H3/b27-16-/t31?,32-,33?,34?,36?,38-,39-,43-,46+,49?,50?,51?/m1/s1. The number of ketones is 2. The number of carbonyl (C=O) groups excluding carboxylic acids is 3. The third kappa shape index (κ3) is 7.33. The maximum absolute atomic E-state index is 16.4. The van der Waals surface area contributed by atoms with Crippen LogP contribution in [0, 0.1) is 52.3 Å². The van der Waals surface area contributed by atoms with Crippen molar-refractivity contribution in [2.45, 2.75) is 160 Å². The molecule has 3 saturated carbocycles. The summed E-state index contributed by atoms with van der Waals surface area (Å²) in [5, 5.41) is 44.5. The number of hydrogen-bond donors (Lipinski definition) is 2. The topological polar surface area (TPSA) is 213 Å². The Balaban J connectivity index is 1.40. The first-order chi connectivity index (χ1) is 31.0. The van der Waals surface area contributed by atoms with Crippen LogP contribution in [-0.2, 0) is 39.7 Å². The first-order valence-corrected chi connectivity index (χ1v) is 22.9. The van der Waals surface area contributed by atoms with Crippen molar-refractivity contribution in [3.05, 3.63) is 57.7 Å². The van der Waals surface area contributed by atoms with Gasteiger partial charge in [0.2, 0.25) is 6.29 Å². The number of fused-ring (bicyclic) bond motifs is 3. The Morgan fingerprint density at radius 1 is 0.970 bits per heavy atom. The van der Waals surface area contributed by atoms with Crippen LogP contribution >= 0.6 is 0 Å². The van der Waals surface area contributed by atoms with Gasteiger partial charge in [-0.2, -0.15) is 10.5 Å². The zero-order chi connectivity index (χ0) is 48.1. The minimum atomic E-state index is -1.87. The molecule has 0 amide bonds. The fourth-order valence-corrected chi connectivity index (χ4v) is 11.8. The summed E-state index contributed by atoms with van der Waals surface area (Å²) in [5.41, 5.74) is -2.55. The van der Waals surface area contributed by atoms with E-state index >= 15 is 9.59 Å². The number of carbonyl (C=O) groups is 3. The van der Waals surface area contributed by atoms with Crippen LogP contribution in [0.25, 0.3) is 6.08 Å². The van der Waals surface area contributed by atoms with Crippen molar-refractivity contribution in [2.24, 2.45) is 29.6 Å². The lowest BCUT2D eigenvalue weighted by Crippen LogP contribution is -2.79. The monoisotopic (exact) mass is 910 g/mol. The number of methoxy groups -OCH3 is 1. The molecule has 7 unspecified atom stereocenters. The van der Waals surface area contributed by atoms with Crippen LogP contribution in [0.3, 0.4) is 0 Å². The van der Waals surface area contributed by atoms with Gasteiger partial charge in [0.05, 0.1) is 42.9 Å². The molecular weight excluding hydrogens is 849 g/mol. The maximum Gasteiger partial charge on any atom is 0.333 e. The summed E-state index contributed by atoms with van der Waals surface area (Å²) in [7, 11) is 1.26. The van der Waals surface area contributed by atoms with Gasteiger partial charge in [-0.3, -0.25) is 9.59 Å². The molecule has 4 bridgehead atoms. The molecule has 0 aromatic heterocycles. The Kier molecular flexibility index (Phi) is 12.1. The van der Waals surface area contributed by atoms with Gasteiger partial charge in [0.25, 0.3) is 0 Å². The number of Topliss-reactive ketones (excluding diaryl/α,β-unsaturated/α-hetero) is 2. The van der Waals surface area contributed by atoms with Crippen molar-refractivity contribution < 1.29 is 62.5 Å². The fourth-order valence-electron chi connectivity index (χ4n) is 11.8. The highest BCUT2D eigenvalue weighted by molar-refractivity contribution is 6.10. The number of aliphatic hydroxyl groups is 2. The molecule has 1 aromatic carbocycles. The van der Waals surface area contributed by atoms with Crippen LogP contribution < -0.4 is 14.2 Å². The van der Waals surface area contributed by atoms with Crippen molar-refractivity contribution in [1.29, 1.82) is 10.5 Å². The second kappa shape index (κ2) is 16.7. The van der Waals surface area contributed by atoms with E-state index in [4.69, 9.17) is 37.9 Å². The molecule has 1 spiro atoms. The lowest BCUT2D eigenvalue weighted by atomic mass is 9.42. The number of nitrogens with zero attached hydrogens (tertiary/aromatic N) is 2. The quantitative estimate of drug-likeness (QED) is 0.137. The van der Waals surface area contributed by atoms with Crippen molar-refractivity contribution in [3.8, 4) is 29.4 Å². The number of benzene rings is 1. The fraction of sp³-hybridized carbons (Fsp3) is 0.627. The number of ether oxygens (including phenoxy) is 8. The minimum absolute atomic E-state index is 0.00279. The predicted octanol–water partition coefficient (Wildman–Crippen LogP) is 6.57. The summed E-state index contributed by atoms with van der Waals surface area (Å²) in [5.74, 6) is -7.81. The van der Waals surface area contributed by atoms with Crippen LogP contribution in [0.1, 0.15) is 116 Å². The van der Waals surface area contributed by atoms with Crippen LogP contribution in [-0.4, -0.2) is 100 Å². The van der Waals surface area contributed by atoms with E-state index in [1.165, 1.54) is 7.11 Å². The Morgan fingerprint density at radius 2 is 1.67 bits per heavy atom. The molecule has 6 fully saturated rings. The molecule has 1 aromatic rings. The third-order valence-corrected chi connectivity index (χ3v) is 14.9. The summed E-state index contributed by atoms with van der Waals surface area (Å²) >= 11 is 0. The van der Waals surface area contributed by atoms with Crippen molar-refractivity contribution >= 4 is 23.6 Å². The first-order valence-electron chi connectivity index (χ1n) is 22.9. The number of rotatable bonds is 11. The molecule has 15 heteroatoms. The van der Waals surface area contributed by atoms with Gasteiger partial charge in [0, 0.05) is 35.3 Å². The summed E-state index contributed by atoms with van der Waals surface area (Å²) in [6, 6.07) is 4.19. The molecule has 8 aliphatic rings. The van der Waals surface area contributed by atoms with Crippen LogP contribution in [0.15, 0.2) is 41.0 Å². The highest BCUT2D eigenvalue weighted by Gasteiger charge is 2.86. The van der Waals surface area contributed by atoms with Gasteiger partial charge in [-0.15, -0.1) is 0 Å². The van der Waals surface area contributed by atoms with Gasteiger partial charge < -0.3 is 48.1 Å². The summed E-state index contributed by atoms with van der Waals surface area (Å²) in [4.78, 5) is 44.6. The molecule has 5 heterocycles. The molecule has 12 atom stereocenters. The SMILES string of the molecule is COC(=O)/C(C)=C\CC12OC(C)(C)C3CC(C1=O)C(C(C#N)C#N)C1C(=O)c4c(O[C@@H]5O[C@@H]6COC(C)(C)O[C@H]6[C@H](O)[C@H]5O)c5c(c(CC=C(C)C)c4OC132)OC(C)(CCC=C(C)C)C=C5. The lowest BCUT2D eigenvalue weighted by molar-refractivity contribution is -0.373. The zero-order valence-electron chi connectivity index (χ0n) is 39.7. The van der Waals surface area contributed by atoms with Crippen molar-refractivity contribution in [3.63, 3.8) is 0 Å². The van der Waals surface area contributed by atoms with Crippen LogP contribution in [0.4, 0.5) is 0 Å². The number of nitriles is 2. The molecule has 15 nitrogen and oxygen atoms in total. The average Bonchev–Trinajstić information content (AvgIpc) is 3.39. The second-order valence-corrected chi connectivity index (χ2v) is 20.7. The van der Waals surface area contributed by atoms with Gasteiger partial charge >= 0.3 is 5.97 Å². The molecule has 354 valence electrons. The van der Waals surface area contributed by atoms with Crippen LogP contribution in [0.5, 0.6) is 17.2 Å². The smallest absolute Gasteiger partial charge is 0.333 e. The van der Waals surface area contributed by atoms with Gasteiger partial charge in [-0.1, -0.05) is 29.4 Å². The van der Waals surface area contributed by atoms with E-state index in [1.54, 1.807) is 26.8 Å². The highest BCUT2D eigenvalue weighted by Crippen LogP contribution is 2.72. The molecule has 3 saturated heterocycles. The number of allylic oxidation sites excluding steroid dienone is 4. The van der Waals surface area contributed by atoms with E-state index in [-0.39, 0.29) is 48.5 Å². The lowest BCUT2D eigenvalue weighted by Gasteiger charge is -2.63. The molecule has 0 radical (unpaired) electrons. The summed E-state index contributed by atoms with van der Waals surface area (Å²) in [6.45, 7) is 18.5. The third-order valence-electron chi connectivity index (χ3n) is 14.9. The number of hydrogen-bond acceptors (Lipinski definition) is 15. The highest BCUT2D eigenvalue weighted by atomic mass is 16.8. The van der Waals surface area contributed by atoms with E-state index in [1.807, 2.05) is 66.7 Å². The minimum Gasteiger partial charge on any atom is -0.482 e. The number of aliphatic hydroxyl groups excluding tert-OH is 2. The van der Waals surface area contributed by atoms with E-state index in [0.29, 0.717) is 29.7 Å². The molecule has 3 aliphatic carbocycles. The number of esters is 1. The second-order valence-electron chi connectivity index (χ2n) is 20.7. The Hall–Kier alpha value is -4.87. The van der Waals surface area contributed by atoms with Gasteiger partial charge in [-0.25, -0.2) is 4.79 Å². The van der Waals surface area contributed by atoms with Gasteiger partial charge in [0.15, 0.2) is 28.6 Å². The zero-order valence-corrected chi connectivity index (χ0v) is 39.7. The van der Waals surface area contributed by atoms with E-state index < -0.39 is 106 Å². The molecule has 9 rings (SSSR count). The maximum atomic E-state index is 16.4. The molecule has 2 N–H and O–H groups in total. The van der Waals surface area contributed by atoms with Crippen molar-refractivity contribution in [1.82, 2.24) is 0 Å². The van der Waals surface area contributed by atoms with Gasteiger partial charge in [0.1, 0.15) is 58.7 Å². The first kappa shape index (κ1) is 47.6. The Bertz CT molecular complexity index is 2410. The van der Waals surface area contributed by atoms with Crippen molar-refractivity contribution in [2.75, 3.05) is 13.7 Å². The van der Waals surface area contributed by atoms with E-state index in [0.717, 1.165) is 11.1 Å². The predicted molar refractivity (Wildman–Crippen MR) is 237 cm³/mol. The van der Waals surface area contributed by atoms with Crippen LogP contribution in [0.2, 0.25) is 0 Å². The molecule has 66 heavy (non-hydrogen) atoms. The van der Waals surface area contributed by atoms with E-state index in [2.05, 4.69) is 18.2 Å². The Morgan fingerprint density at radius 3 is 2.32 bits per heavy atom.